The van der Waals surface area contributed by atoms with Crippen LogP contribution in [0.5, 0.6) is 0 Å². The Morgan fingerprint density at radius 1 is 0.760 bits per heavy atom. The molecule has 25 heavy (non-hydrogen) atoms. The maximum Gasteiger partial charge on any atom is 1.00 e. The molecule has 0 aromatic carbocycles. The molecule has 0 aliphatic rings. The van der Waals surface area contributed by atoms with Crippen molar-refractivity contribution in [3.8, 4) is 0 Å². The molecule has 9 heteroatoms. The van der Waals surface area contributed by atoms with E-state index in [1.807, 2.05) is 0 Å². The van der Waals surface area contributed by atoms with Crippen molar-refractivity contribution in [1.29, 1.82) is 0 Å². The predicted molar refractivity (Wildman–Crippen MR) is 92.5 cm³/mol. The first kappa shape index (κ1) is 30.5. The van der Waals surface area contributed by atoms with Crippen LogP contribution in [0.2, 0.25) is 0 Å². The van der Waals surface area contributed by atoms with Gasteiger partial charge in [-0.05, 0) is 6.42 Å². The minimum Gasteiger partial charge on any atom is -0.726 e. The van der Waals surface area contributed by atoms with E-state index >= 15 is 0 Å². The van der Waals surface area contributed by atoms with Gasteiger partial charge in [-0.25, -0.2) is 8.42 Å². The standard InChI is InChI=1S/C12H26O4S.C4H10O3.Na/c1-2-3-4-5-6-7-8-9-10-11-12-16-17(13,14)15;5-1-3-7-4-2-6;/h2-12H2,1H3,(H,13,14,15);5-6H,1-4H2;/q;;+1/p-1. The second-order valence-electron chi connectivity index (χ2n) is 5.47. The number of rotatable bonds is 16. The van der Waals surface area contributed by atoms with Gasteiger partial charge >= 0.3 is 29.6 Å². The van der Waals surface area contributed by atoms with Crippen molar-refractivity contribution in [2.45, 2.75) is 71.1 Å². The molecule has 0 fully saturated rings. The quantitative estimate of drug-likeness (QED) is 0.155. The third kappa shape index (κ3) is 36.4. The van der Waals surface area contributed by atoms with E-state index in [9.17, 15) is 13.0 Å². The number of unbranched alkanes of at least 4 members (excludes halogenated alkanes) is 9. The van der Waals surface area contributed by atoms with Gasteiger partial charge in [0.1, 0.15) is 0 Å². The summed E-state index contributed by atoms with van der Waals surface area (Å²) in [4.78, 5) is 0. The predicted octanol–water partition coefficient (Wildman–Crippen LogP) is -0.624. The fraction of sp³-hybridized carbons (Fsp3) is 1.00. The molecule has 148 valence electrons. The molecule has 0 saturated carbocycles. The van der Waals surface area contributed by atoms with Crippen LogP contribution in [0.3, 0.4) is 0 Å². The SMILES string of the molecule is CCCCCCCCCCCCOS(=O)(=O)[O-].OCCOCCO.[Na+]. The van der Waals surface area contributed by atoms with E-state index < -0.39 is 10.4 Å². The molecule has 0 aromatic heterocycles. The fourth-order valence-electron chi connectivity index (χ4n) is 1.98. The summed E-state index contributed by atoms with van der Waals surface area (Å²) < 4.78 is 39.1. The van der Waals surface area contributed by atoms with Gasteiger partial charge in [0.25, 0.3) is 0 Å². The van der Waals surface area contributed by atoms with Gasteiger partial charge in [-0.2, -0.15) is 0 Å². The van der Waals surface area contributed by atoms with E-state index in [4.69, 9.17) is 10.2 Å². The summed E-state index contributed by atoms with van der Waals surface area (Å²) in [5.41, 5.74) is 0. The Balaban J connectivity index is -0.000000513. The zero-order valence-corrected chi connectivity index (χ0v) is 18.8. The van der Waals surface area contributed by atoms with Crippen LogP contribution in [0.4, 0.5) is 0 Å². The van der Waals surface area contributed by atoms with Crippen molar-refractivity contribution >= 4 is 10.4 Å². The molecule has 2 N–H and O–H groups in total. The average molecular weight is 395 g/mol. The van der Waals surface area contributed by atoms with Crippen LogP contribution in [0.1, 0.15) is 71.1 Å². The summed E-state index contributed by atoms with van der Waals surface area (Å²) in [6.07, 6.45) is 11.7. The molecule has 0 saturated heterocycles. The average Bonchev–Trinajstić information content (AvgIpc) is 2.53. The first-order valence-corrected chi connectivity index (χ1v) is 10.2. The summed E-state index contributed by atoms with van der Waals surface area (Å²) in [5.74, 6) is 0. The van der Waals surface area contributed by atoms with E-state index in [1.54, 1.807) is 0 Å². The molecule has 0 aromatic rings. The first-order chi connectivity index (χ1) is 11.5. The molecule has 0 heterocycles. The van der Waals surface area contributed by atoms with Crippen molar-refractivity contribution in [3.63, 3.8) is 0 Å². The fourth-order valence-corrected chi connectivity index (χ4v) is 2.30. The molecule has 0 bridgehead atoms. The summed E-state index contributed by atoms with van der Waals surface area (Å²) >= 11 is 0. The van der Waals surface area contributed by atoms with Crippen LogP contribution in [0.15, 0.2) is 0 Å². The third-order valence-corrected chi connectivity index (χ3v) is 3.65. The van der Waals surface area contributed by atoms with E-state index in [0.717, 1.165) is 12.8 Å². The number of ether oxygens (including phenoxy) is 1. The number of aliphatic hydroxyl groups excluding tert-OH is 2. The van der Waals surface area contributed by atoms with Gasteiger partial charge in [0.2, 0.25) is 10.4 Å². The van der Waals surface area contributed by atoms with Crippen LogP contribution in [0, 0.1) is 0 Å². The Bertz CT molecular complexity index is 322. The number of aliphatic hydroxyl groups is 2. The van der Waals surface area contributed by atoms with Crippen LogP contribution < -0.4 is 29.6 Å². The largest absolute Gasteiger partial charge is 1.00 e. The molecule has 0 atom stereocenters. The van der Waals surface area contributed by atoms with Gasteiger partial charge in [0, 0.05) is 0 Å². The zero-order chi connectivity index (χ0) is 18.5. The Hall–Kier alpha value is 0.750. The van der Waals surface area contributed by atoms with Crippen LogP contribution in [-0.2, 0) is 19.3 Å². The molecular formula is C16H35NaO7S. The van der Waals surface area contributed by atoms with Gasteiger partial charge < -0.3 is 19.5 Å². The topological polar surface area (TPSA) is 116 Å². The molecule has 0 radical (unpaired) electrons. The van der Waals surface area contributed by atoms with Crippen molar-refractivity contribution in [1.82, 2.24) is 0 Å². The van der Waals surface area contributed by atoms with E-state index in [2.05, 4.69) is 15.8 Å². The van der Waals surface area contributed by atoms with Gasteiger partial charge in [-0.1, -0.05) is 64.7 Å². The number of hydrogen-bond donors (Lipinski definition) is 2. The summed E-state index contributed by atoms with van der Waals surface area (Å²) in [7, 11) is -4.48. The van der Waals surface area contributed by atoms with Crippen LogP contribution in [0.25, 0.3) is 0 Å². The molecule has 0 unspecified atom stereocenters. The maximum absolute atomic E-state index is 10.1. The van der Waals surface area contributed by atoms with Crippen molar-refractivity contribution in [2.75, 3.05) is 33.0 Å². The second kappa shape index (κ2) is 24.8. The van der Waals surface area contributed by atoms with Gasteiger partial charge in [0.05, 0.1) is 33.0 Å². The Morgan fingerprint density at radius 2 is 1.16 bits per heavy atom. The molecule has 0 rings (SSSR count). The van der Waals surface area contributed by atoms with Crippen molar-refractivity contribution in [3.05, 3.63) is 0 Å². The molecule has 0 amide bonds. The van der Waals surface area contributed by atoms with Gasteiger partial charge in [-0.3, -0.25) is 4.18 Å². The molecular weight excluding hydrogens is 359 g/mol. The van der Waals surface area contributed by atoms with E-state index in [1.165, 1.54) is 44.9 Å². The summed E-state index contributed by atoms with van der Waals surface area (Å²) in [6.45, 7) is 2.94. The Morgan fingerprint density at radius 3 is 1.52 bits per heavy atom. The normalized spacial score (nSPS) is 10.7. The second-order valence-corrected chi connectivity index (χ2v) is 6.52. The smallest absolute Gasteiger partial charge is 0.726 e. The van der Waals surface area contributed by atoms with Crippen LogP contribution in [-0.4, -0.2) is 56.2 Å². The van der Waals surface area contributed by atoms with E-state index in [0.29, 0.717) is 19.6 Å². The monoisotopic (exact) mass is 394 g/mol. The maximum atomic E-state index is 10.1. The summed E-state index contributed by atoms with van der Waals surface area (Å²) in [5, 5.41) is 16.2. The molecule has 0 aliphatic carbocycles. The van der Waals surface area contributed by atoms with E-state index in [-0.39, 0.29) is 49.4 Å². The Kier molecular flexibility index (Phi) is 30.2. The van der Waals surface area contributed by atoms with Crippen molar-refractivity contribution in [2.24, 2.45) is 0 Å². The molecule has 7 nitrogen and oxygen atoms in total. The summed E-state index contributed by atoms with van der Waals surface area (Å²) in [6, 6.07) is 0. The first-order valence-electron chi connectivity index (χ1n) is 8.87. The van der Waals surface area contributed by atoms with Crippen molar-refractivity contribution < 1.29 is 61.7 Å². The minimum absolute atomic E-state index is 0. The van der Waals surface area contributed by atoms with Crippen LogP contribution >= 0.6 is 0 Å². The Labute approximate surface area is 175 Å². The zero-order valence-electron chi connectivity index (χ0n) is 16.0. The number of hydrogen-bond acceptors (Lipinski definition) is 7. The van der Waals surface area contributed by atoms with Gasteiger partial charge in [0.15, 0.2) is 0 Å². The molecule has 0 aliphatic heterocycles. The van der Waals surface area contributed by atoms with Gasteiger partial charge in [-0.15, -0.1) is 0 Å². The minimum atomic E-state index is -4.48. The third-order valence-electron chi connectivity index (χ3n) is 3.20. The molecule has 0 spiro atoms.